The molecule has 0 radical (unpaired) electrons. The number of carbonyl (C=O) groups is 2. The number of nitrogens with zero attached hydrogens (tertiary/aromatic N) is 1. The van der Waals surface area contributed by atoms with Crippen molar-refractivity contribution < 1.29 is 9.59 Å². The summed E-state index contributed by atoms with van der Waals surface area (Å²) in [5.41, 5.74) is 1.46. The first-order chi connectivity index (χ1) is 9.75. The zero-order valence-corrected chi connectivity index (χ0v) is 11.7. The number of rotatable bonds is 3. The molecule has 102 valence electrons. The number of hydrogen-bond donors (Lipinski definition) is 1. The number of thiophene rings is 1. The minimum atomic E-state index is -0.140. The lowest BCUT2D eigenvalue weighted by molar-refractivity contribution is -0.117. The van der Waals surface area contributed by atoms with Crippen molar-refractivity contribution in [3.63, 3.8) is 0 Å². The highest BCUT2D eigenvalue weighted by Crippen LogP contribution is 2.29. The minimum absolute atomic E-state index is 0.114. The quantitative estimate of drug-likeness (QED) is 0.942. The van der Waals surface area contributed by atoms with E-state index in [1.165, 1.54) is 11.3 Å². The van der Waals surface area contributed by atoms with Gasteiger partial charge in [0, 0.05) is 13.0 Å². The van der Waals surface area contributed by atoms with Crippen LogP contribution in [0.25, 0.3) is 0 Å². The Hall–Kier alpha value is -2.14. The van der Waals surface area contributed by atoms with Gasteiger partial charge in [0.2, 0.25) is 5.91 Å². The van der Waals surface area contributed by atoms with Crippen LogP contribution in [0.5, 0.6) is 0 Å². The molecular weight excluding hydrogens is 272 g/mol. The van der Waals surface area contributed by atoms with Gasteiger partial charge >= 0.3 is 0 Å². The first-order valence-electron chi connectivity index (χ1n) is 6.50. The fourth-order valence-corrected chi connectivity index (χ4v) is 2.93. The highest BCUT2D eigenvalue weighted by molar-refractivity contribution is 7.12. The highest BCUT2D eigenvalue weighted by atomic mass is 32.1. The molecule has 2 aromatic rings. The van der Waals surface area contributed by atoms with Gasteiger partial charge in [0.05, 0.1) is 16.3 Å². The van der Waals surface area contributed by atoms with Gasteiger partial charge in [0.15, 0.2) is 0 Å². The largest absolute Gasteiger partial charge is 0.319 e. The molecule has 20 heavy (non-hydrogen) atoms. The number of hydrogen-bond acceptors (Lipinski definition) is 3. The van der Waals surface area contributed by atoms with Crippen molar-refractivity contribution >= 4 is 34.5 Å². The van der Waals surface area contributed by atoms with Gasteiger partial charge in [-0.2, -0.15) is 0 Å². The summed E-state index contributed by atoms with van der Waals surface area (Å²) in [5, 5.41) is 4.75. The molecule has 1 N–H and O–H groups in total. The van der Waals surface area contributed by atoms with E-state index in [4.69, 9.17) is 0 Å². The second-order valence-corrected chi connectivity index (χ2v) is 5.55. The molecule has 0 spiro atoms. The van der Waals surface area contributed by atoms with Crippen molar-refractivity contribution in [3.8, 4) is 0 Å². The average molecular weight is 286 g/mol. The van der Waals surface area contributed by atoms with E-state index in [0.29, 0.717) is 23.5 Å². The summed E-state index contributed by atoms with van der Waals surface area (Å²) in [5.74, 6) is -0.0260. The van der Waals surface area contributed by atoms with Crippen LogP contribution in [0.1, 0.15) is 22.5 Å². The highest BCUT2D eigenvalue weighted by Gasteiger charge is 2.24. The third kappa shape index (κ3) is 2.44. The fraction of sp³-hybridized carbons (Fsp3) is 0.200. The fourth-order valence-electron chi connectivity index (χ4n) is 2.31. The van der Waals surface area contributed by atoms with Crippen molar-refractivity contribution in [2.45, 2.75) is 12.8 Å². The van der Waals surface area contributed by atoms with Crippen LogP contribution in [0.2, 0.25) is 0 Å². The molecule has 1 fully saturated rings. The number of amides is 2. The van der Waals surface area contributed by atoms with Crippen molar-refractivity contribution in [1.82, 2.24) is 0 Å². The van der Waals surface area contributed by atoms with Gasteiger partial charge < -0.3 is 10.2 Å². The van der Waals surface area contributed by atoms with E-state index in [1.54, 1.807) is 11.0 Å². The normalized spacial score (nSPS) is 14.6. The van der Waals surface area contributed by atoms with Crippen LogP contribution < -0.4 is 10.2 Å². The maximum atomic E-state index is 12.1. The molecule has 5 heteroatoms. The van der Waals surface area contributed by atoms with Gasteiger partial charge in [-0.3, -0.25) is 9.59 Å². The molecule has 2 heterocycles. The second kappa shape index (κ2) is 5.46. The molecule has 1 aromatic carbocycles. The topological polar surface area (TPSA) is 49.4 Å². The molecule has 0 atom stereocenters. The van der Waals surface area contributed by atoms with Gasteiger partial charge in [-0.1, -0.05) is 18.2 Å². The zero-order chi connectivity index (χ0) is 13.9. The Balaban J connectivity index is 1.86. The first-order valence-corrected chi connectivity index (χ1v) is 7.38. The Bertz CT molecular complexity index is 637. The zero-order valence-electron chi connectivity index (χ0n) is 10.8. The smallest absolute Gasteiger partial charge is 0.265 e. The van der Waals surface area contributed by atoms with Gasteiger partial charge in [0.25, 0.3) is 5.91 Å². The minimum Gasteiger partial charge on any atom is -0.319 e. The molecule has 0 saturated carbocycles. The second-order valence-electron chi connectivity index (χ2n) is 4.60. The van der Waals surface area contributed by atoms with Gasteiger partial charge in [0.1, 0.15) is 0 Å². The SMILES string of the molecule is O=C(Nc1ccccc1N1CCCC1=O)c1cccs1. The van der Waals surface area contributed by atoms with Crippen LogP contribution in [0.3, 0.4) is 0 Å². The Labute approximate surface area is 121 Å². The van der Waals surface area contributed by atoms with Crippen LogP contribution in [0.4, 0.5) is 11.4 Å². The Morgan fingerprint density at radius 2 is 2.05 bits per heavy atom. The molecule has 2 amide bonds. The molecule has 1 aromatic heterocycles. The predicted molar refractivity (Wildman–Crippen MR) is 80.3 cm³/mol. The molecule has 1 aliphatic rings. The van der Waals surface area contributed by atoms with Crippen molar-refractivity contribution in [2.75, 3.05) is 16.8 Å². The van der Waals surface area contributed by atoms with Crippen molar-refractivity contribution in [1.29, 1.82) is 0 Å². The maximum absolute atomic E-state index is 12.1. The van der Waals surface area contributed by atoms with Crippen molar-refractivity contribution in [2.24, 2.45) is 0 Å². The molecule has 3 rings (SSSR count). The lowest BCUT2D eigenvalue weighted by atomic mass is 10.2. The monoisotopic (exact) mass is 286 g/mol. The van der Waals surface area contributed by atoms with E-state index in [9.17, 15) is 9.59 Å². The number of benzene rings is 1. The lowest BCUT2D eigenvalue weighted by Crippen LogP contribution is -2.25. The average Bonchev–Trinajstić information content (AvgIpc) is 3.10. The Morgan fingerprint density at radius 3 is 2.75 bits per heavy atom. The van der Waals surface area contributed by atoms with E-state index in [2.05, 4.69) is 5.32 Å². The summed E-state index contributed by atoms with van der Waals surface area (Å²) in [4.78, 5) is 26.4. The summed E-state index contributed by atoms with van der Waals surface area (Å²) in [7, 11) is 0. The van der Waals surface area contributed by atoms with Crippen LogP contribution in [-0.2, 0) is 4.79 Å². The van der Waals surface area contributed by atoms with Crippen LogP contribution >= 0.6 is 11.3 Å². The Kier molecular flexibility index (Phi) is 3.52. The standard InChI is InChI=1S/C15H14N2O2S/c18-14-8-3-9-17(14)12-6-2-1-5-11(12)16-15(19)13-7-4-10-20-13/h1-2,4-7,10H,3,8-9H2,(H,16,19). The number of carbonyl (C=O) groups excluding carboxylic acids is 2. The maximum Gasteiger partial charge on any atom is 0.265 e. The lowest BCUT2D eigenvalue weighted by Gasteiger charge is -2.19. The number of anilines is 2. The third-order valence-corrected chi connectivity index (χ3v) is 4.13. The van der Waals surface area contributed by atoms with E-state index < -0.39 is 0 Å². The van der Waals surface area contributed by atoms with E-state index in [0.717, 1.165) is 12.1 Å². The summed E-state index contributed by atoms with van der Waals surface area (Å²) in [6, 6.07) is 11.1. The van der Waals surface area contributed by atoms with E-state index >= 15 is 0 Å². The van der Waals surface area contributed by atoms with Gasteiger partial charge in [-0.05, 0) is 30.0 Å². The molecule has 0 bridgehead atoms. The van der Waals surface area contributed by atoms with E-state index in [-0.39, 0.29) is 11.8 Å². The van der Waals surface area contributed by atoms with Crippen LogP contribution in [0, 0.1) is 0 Å². The molecule has 4 nitrogen and oxygen atoms in total. The molecular formula is C15H14N2O2S. The molecule has 0 unspecified atom stereocenters. The molecule has 1 saturated heterocycles. The van der Waals surface area contributed by atoms with Crippen molar-refractivity contribution in [3.05, 3.63) is 46.7 Å². The molecule has 0 aliphatic carbocycles. The van der Waals surface area contributed by atoms with Crippen LogP contribution in [0.15, 0.2) is 41.8 Å². The number of nitrogens with one attached hydrogen (secondary N) is 1. The summed E-state index contributed by atoms with van der Waals surface area (Å²) >= 11 is 1.40. The van der Waals surface area contributed by atoms with Gasteiger partial charge in [-0.15, -0.1) is 11.3 Å². The summed E-state index contributed by atoms with van der Waals surface area (Å²) < 4.78 is 0. The summed E-state index contributed by atoms with van der Waals surface area (Å²) in [6.07, 6.45) is 1.44. The predicted octanol–water partition coefficient (Wildman–Crippen LogP) is 3.13. The molecule has 1 aliphatic heterocycles. The van der Waals surface area contributed by atoms with Gasteiger partial charge in [-0.25, -0.2) is 0 Å². The van der Waals surface area contributed by atoms with Crippen LogP contribution in [-0.4, -0.2) is 18.4 Å². The third-order valence-electron chi connectivity index (χ3n) is 3.26. The summed E-state index contributed by atoms with van der Waals surface area (Å²) in [6.45, 7) is 0.713. The van der Waals surface area contributed by atoms with E-state index in [1.807, 2.05) is 35.7 Å². The number of para-hydroxylation sites is 2. The first kappa shape index (κ1) is 12.9. The Morgan fingerprint density at radius 1 is 1.20 bits per heavy atom.